The van der Waals surface area contributed by atoms with Gasteiger partial charge in [-0.1, -0.05) is 29.8 Å². The number of aliphatic imine (C=N–C) groups is 1. The molecule has 0 spiro atoms. The molecule has 2 aromatic carbocycles. The molecule has 0 unspecified atom stereocenters. The third kappa shape index (κ3) is 4.95. The van der Waals surface area contributed by atoms with Crippen molar-refractivity contribution in [3.05, 3.63) is 82.5 Å². The van der Waals surface area contributed by atoms with Gasteiger partial charge in [0.1, 0.15) is 17.4 Å². The fourth-order valence-electron chi connectivity index (χ4n) is 2.91. The van der Waals surface area contributed by atoms with E-state index in [1.54, 1.807) is 13.3 Å². The number of amidine groups is 1. The molecule has 148 valence electrons. The lowest BCUT2D eigenvalue weighted by Crippen LogP contribution is -2.16. The number of nitrogens with zero attached hydrogens (tertiary/aromatic N) is 2. The van der Waals surface area contributed by atoms with E-state index >= 15 is 0 Å². The van der Waals surface area contributed by atoms with Crippen molar-refractivity contribution >= 4 is 40.7 Å². The first-order valence-corrected chi connectivity index (χ1v) is 9.53. The van der Waals surface area contributed by atoms with Gasteiger partial charge in [-0.25, -0.2) is 9.98 Å². The van der Waals surface area contributed by atoms with E-state index in [9.17, 15) is 0 Å². The molecule has 0 saturated carbocycles. The maximum absolute atomic E-state index is 6.30. The molecule has 3 N–H and O–H groups in total. The molecule has 1 aromatic heterocycles. The number of rotatable bonds is 6. The van der Waals surface area contributed by atoms with Gasteiger partial charge in [0.15, 0.2) is 0 Å². The molecule has 0 fully saturated rings. The molecule has 0 atom stereocenters. The summed E-state index contributed by atoms with van der Waals surface area (Å²) in [5.74, 6) is 1.90. The predicted octanol–water partition coefficient (Wildman–Crippen LogP) is 5.87. The molecule has 0 amide bonds. The number of aromatic nitrogens is 1. The Hall–Kier alpha value is -3.31. The summed E-state index contributed by atoms with van der Waals surface area (Å²) in [6.07, 6.45) is 5.70. The number of pyridine rings is 1. The molecule has 6 heteroatoms. The van der Waals surface area contributed by atoms with Crippen LogP contribution in [0.25, 0.3) is 6.08 Å². The van der Waals surface area contributed by atoms with Crippen molar-refractivity contribution in [1.29, 1.82) is 0 Å². The molecule has 0 saturated heterocycles. The fraction of sp³-hybridized carbons (Fsp3) is 0.130. The zero-order valence-corrected chi connectivity index (χ0v) is 17.4. The third-order valence-corrected chi connectivity index (χ3v) is 4.64. The summed E-state index contributed by atoms with van der Waals surface area (Å²) in [6, 6.07) is 14.9. The molecule has 3 rings (SSSR count). The normalized spacial score (nSPS) is 11.7. The second-order valence-electron chi connectivity index (χ2n) is 6.39. The van der Waals surface area contributed by atoms with Gasteiger partial charge in [-0.2, -0.15) is 0 Å². The molecule has 0 aliphatic rings. The van der Waals surface area contributed by atoms with E-state index in [4.69, 9.17) is 22.1 Å². The van der Waals surface area contributed by atoms with Crippen LogP contribution in [0.3, 0.4) is 0 Å². The minimum absolute atomic E-state index is 0.403. The van der Waals surface area contributed by atoms with Gasteiger partial charge in [0.2, 0.25) is 0 Å². The number of nitrogens with one attached hydrogen (secondary N) is 1. The third-order valence-electron chi connectivity index (χ3n) is 4.40. The van der Waals surface area contributed by atoms with Gasteiger partial charge < -0.3 is 15.8 Å². The van der Waals surface area contributed by atoms with Crippen molar-refractivity contribution in [3.63, 3.8) is 0 Å². The maximum atomic E-state index is 6.30. The van der Waals surface area contributed by atoms with Crippen LogP contribution < -0.4 is 15.8 Å². The number of hydrogen-bond donors (Lipinski definition) is 2. The Labute approximate surface area is 175 Å². The van der Waals surface area contributed by atoms with E-state index < -0.39 is 0 Å². The van der Waals surface area contributed by atoms with Crippen LogP contribution in [0.2, 0.25) is 5.02 Å². The predicted molar refractivity (Wildman–Crippen MR) is 122 cm³/mol. The van der Waals surface area contributed by atoms with Gasteiger partial charge in [0, 0.05) is 28.0 Å². The summed E-state index contributed by atoms with van der Waals surface area (Å²) in [6.45, 7) is 3.97. The highest BCUT2D eigenvalue weighted by atomic mass is 35.5. The summed E-state index contributed by atoms with van der Waals surface area (Å²) in [5, 5.41) is 3.99. The first-order chi connectivity index (χ1) is 14.0. The van der Waals surface area contributed by atoms with Crippen molar-refractivity contribution in [3.8, 4) is 5.75 Å². The van der Waals surface area contributed by atoms with Crippen LogP contribution >= 0.6 is 11.6 Å². The van der Waals surface area contributed by atoms with Crippen molar-refractivity contribution in [2.45, 2.75) is 13.8 Å². The number of methoxy groups -OCH3 is 1. The maximum Gasteiger partial charge on any atom is 0.137 e. The van der Waals surface area contributed by atoms with Crippen LogP contribution in [0.1, 0.15) is 23.6 Å². The number of hydrogen-bond acceptors (Lipinski definition) is 4. The second-order valence-corrected chi connectivity index (χ2v) is 6.83. The number of ether oxygens (including phenoxy) is 1. The molecule has 1 heterocycles. The average molecular weight is 407 g/mol. The largest absolute Gasteiger partial charge is 0.497 e. The van der Waals surface area contributed by atoms with E-state index in [0.717, 1.165) is 39.6 Å². The first kappa shape index (κ1) is 20.4. The Morgan fingerprint density at radius 3 is 2.62 bits per heavy atom. The van der Waals surface area contributed by atoms with Crippen molar-refractivity contribution in [2.75, 3.05) is 12.4 Å². The fourth-order valence-corrected chi connectivity index (χ4v) is 3.10. The number of halogens is 1. The Bertz CT molecular complexity index is 1060. The van der Waals surface area contributed by atoms with Gasteiger partial charge >= 0.3 is 0 Å². The molecule has 0 aliphatic carbocycles. The van der Waals surface area contributed by atoms with E-state index in [0.29, 0.717) is 10.9 Å². The molecule has 5 nitrogen and oxygen atoms in total. The summed E-state index contributed by atoms with van der Waals surface area (Å²) in [4.78, 5) is 9.12. The van der Waals surface area contributed by atoms with Gasteiger partial charge in [0.25, 0.3) is 0 Å². The highest BCUT2D eigenvalue weighted by Gasteiger charge is 2.13. The molecular formula is C23H23ClN4O. The molecule has 29 heavy (non-hydrogen) atoms. The van der Waals surface area contributed by atoms with Gasteiger partial charge in [-0.05, 0) is 61.9 Å². The zero-order valence-electron chi connectivity index (χ0n) is 16.6. The monoisotopic (exact) mass is 406 g/mol. The van der Waals surface area contributed by atoms with Crippen LogP contribution in [0.5, 0.6) is 5.75 Å². The summed E-state index contributed by atoms with van der Waals surface area (Å²) < 4.78 is 5.18. The number of benzene rings is 2. The van der Waals surface area contributed by atoms with Crippen molar-refractivity contribution < 1.29 is 4.74 Å². The van der Waals surface area contributed by atoms with Crippen LogP contribution in [0.4, 0.5) is 17.2 Å². The standard InChI is InChI=1S/C23H23ClN4O/c1-4-6-20-15(2)21(22(25)27-17-9-11-19(29-3)12-10-17)14-26-23(20)28-18-8-5-7-16(24)13-18/h4-14H,1-3H3,(H2,25,27)(H,26,28)/b6-4-. The minimum Gasteiger partial charge on any atom is -0.497 e. The number of allylic oxidation sites excluding steroid dienone is 1. The summed E-state index contributed by atoms with van der Waals surface area (Å²) in [7, 11) is 1.63. The average Bonchev–Trinajstić information content (AvgIpc) is 2.71. The molecular weight excluding hydrogens is 384 g/mol. The Kier molecular flexibility index (Phi) is 6.52. The highest BCUT2D eigenvalue weighted by Crippen LogP contribution is 2.27. The smallest absolute Gasteiger partial charge is 0.137 e. The number of nitrogens with two attached hydrogens (primary N) is 1. The van der Waals surface area contributed by atoms with E-state index in [1.807, 2.05) is 74.5 Å². The minimum atomic E-state index is 0.403. The molecule has 3 aromatic rings. The molecule has 0 bridgehead atoms. The SMILES string of the molecule is C/C=C\c1c(Nc2cccc(Cl)c2)ncc(C(N)=Nc2ccc(OC)cc2)c1C. The lowest BCUT2D eigenvalue weighted by molar-refractivity contribution is 0.415. The summed E-state index contributed by atoms with van der Waals surface area (Å²) >= 11 is 6.09. The number of anilines is 2. The van der Waals surface area contributed by atoms with Crippen molar-refractivity contribution in [1.82, 2.24) is 4.98 Å². The lowest BCUT2D eigenvalue weighted by Gasteiger charge is -2.14. The van der Waals surface area contributed by atoms with Crippen LogP contribution in [0.15, 0.2) is 65.8 Å². The van der Waals surface area contributed by atoms with E-state index in [-0.39, 0.29) is 0 Å². The first-order valence-electron chi connectivity index (χ1n) is 9.15. The Morgan fingerprint density at radius 2 is 1.97 bits per heavy atom. The van der Waals surface area contributed by atoms with Gasteiger partial charge in [-0.3, -0.25) is 0 Å². The van der Waals surface area contributed by atoms with Crippen molar-refractivity contribution in [2.24, 2.45) is 10.7 Å². The second kappa shape index (κ2) is 9.26. The van der Waals surface area contributed by atoms with Gasteiger partial charge in [-0.15, -0.1) is 0 Å². The highest BCUT2D eigenvalue weighted by molar-refractivity contribution is 6.30. The summed E-state index contributed by atoms with van der Waals surface area (Å²) in [5.41, 5.74) is 10.6. The van der Waals surface area contributed by atoms with Crippen LogP contribution in [-0.4, -0.2) is 17.9 Å². The zero-order chi connectivity index (χ0) is 20.8. The quantitative estimate of drug-likeness (QED) is 0.397. The lowest BCUT2D eigenvalue weighted by atomic mass is 10.0. The van der Waals surface area contributed by atoms with Gasteiger partial charge in [0.05, 0.1) is 12.8 Å². The Morgan fingerprint density at radius 1 is 1.21 bits per heavy atom. The molecule has 0 aliphatic heterocycles. The topological polar surface area (TPSA) is 72.5 Å². The van der Waals surface area contributed by atoms with Crippen LogP contribution in [0, 0.1) is 6.92 Å². The van der Waals surface area contributed by atoms with E-state index in [2.05, 4.69) is 15.3 Å². The van der Waals surface area contributed by atoms with E-state index in [1.165, 1.54) is 0 Å². The molecule has 0 radical (unpaired) electrons. The Balaban J connectivity index is 1.97. The van der Waals surface area contributed by atoms with Crippen LogP contribution in [-0.2, 0) is 0 Å².